The first-order valence-electron chi connectivity index (χ1n) is 5.89. The minimum atomic E-state index is -4.28. The monoisotopic (exact) mass is 285 g/mol. The molecular weight excluding hydrogens is 271 g/mol. The molecule has 1 heterocycles. The van der Waals surface area contributed by atoms with Gasteiger partial charge in [-0.1, -0.05) is 18.2 Å². The highest BCUT2D eigenvalue weighted by Gasteiger charge is 2.29. The van der Waals surface area contributed by atoms with E-state index in [1.165, 1.54) is 17.0 Å². The summed E-state index contributed by atoms with van der Waals surface area (Å²) < 4.78 is 37.2. The first-order valence-corrected chi connectivity index (χ1v) is 6.77. The molecule has 0 aliphatic carbocycles. The Bertz CT molecular complexity index is 502. The zero-order valence-corrected chi connectivity index (χ0v) is 11.0. The molecule has 5 heteroatoms. The maximum atomic E-state index is 12.4. The van der Waals surface area contributed by atoms with Crippen LogP contribution < -0.4 is 5.73 Å². The molecular formula is C14H14F3NS. The fourth-order valence-corrected chi connectivity index (χ4v) is 2.69. The van der Waals surface area contributed by atoms with Crippen LogP contribution in [-0.4, -0.2) is 6.04 Å². The summed E-state index contributed by atoms with van der Waals surface area (Å²) >= 11 is 1.64. The van der Waals surface area contributed by atoms with Gasteiger partial charge in [0, 0.05) is 10.9 Å². The standard InChI is InChI=1S/C14H14F3NS/c15-14(16,17)11-5-3-10(4-6-11)8-12(18)9-13-2-1-7-19-13/h1-7,12H,8-9,18H2. The number of hydrogen-bond donors (Lipinski definition) is 1. The van der Waals surface area contributed by atoms with Gasteiger partial charge in [0.25, 0.3) is 0 Å². The predicted octanol–water partition coefficient (Wildman–Crippen LogP) is 3.88. The lowest BCUT2D eigenvalue weighted by atomic mass is 10.0. The molecule has 1 nitrogen and oxygen atoms in total. The normalized spacial score (nSPS) is 13.5. The van der Waals surface area contributed by atoms with Crippen molar-refractivity contribution in [2.45, 2.75) is 25.1 Å². The summed E-state index contributed by atoms with van der Waals surface area (Å²) in [6.45, 7) is 0. The van der Waals surface area contributed by atoms with Crippen LogP contribution in [0.2, 0.25) is 0 Å². The molecule has 0 spiro atoms. The quantitative estimate of drug-likeness (QED) is 0.906. The van der Waals surface area contributed by atoms with E-state index in [9.17, 15) is 13.2 Å². The highest BCUT2D eigenvalue weighted by molar-refractivity contribution is 7.09. The second kappa shape index (κ2) is 5.75. The van der Waals surface area contributed by atoms with Crippen LogP contribution in [-0.2, 0) is 19.0 Å². The highest BCUT2D eigenvalue weighted by Crippen LogP contribution is 2.29. The van der Waals surface area contributed by atoms with E-state index in [1.807, 2.05) is 17.5 Å². The average Bonchev–Trinajstić information content (AvgIpc) is 2.81. The molecule has 1 unspecified atom stereocenters. The first kappa shape index (κ1) is 14.1. The topological polar surface area (TPSA) is 26.0 Å². The second-order valence-electron chi connectivity index (χ2n) is 4.44. The van der Waals surface area contributed by atoms with Crippen molar-refractivity contribution in [2.75, 3.05) is 0 Å². The zero-order chi connectivity index (χ0) is 13.9. The van der Waals surface area contributed by atoms with Crippen molar-refractivity contribution in [3.05, 3.63) is 57.8 Å². The molecule has 0 radical (unpaired) electrons. The Morgan fingerprint density at radius 1 is 1.05 bits per heavy atom. The molecule has 1 atom stereocenters. The summed E-state index contributed by atoms with van der Waals surface area (Å²) in [5.74, 6) is 0. The summed E-state index contributed by atoms with van der Waals surface area (Å²) in [5.41, 5.74) is 6.21. The van der Waals surface area contributed by atoms with Crippen LogP contribution in [0.15, 0.2) is 41.8 Å². The van der Waals surface area contributed by atoms with Gasteiger partial charge in [0.2, 0.25) is 0 Å². The minimum absolute atomic E-state index is 0.0737. The minimum Gasteiger partial charge on any atom is -0.327 e. The molecule has 0 saturated carbocycles. The van der Waals surface area contributed by atoms with Crippen molar-refractivity contribution in [3.63, 3.8) is 0 Å². The van der Waals surface area contributed by atoms with E-state index in [1.54, 1.807) is 11.3 Å². The van der Waals surface area contributed by atoms with Gasteiger partial charge in [0.1, 0.15) is 0 Å². The third kappa shape index (κ3) is 4.08. The lowest BCUT2D eigenvalue weighted by Gasteiger charge is -2.12. The van der Waals surface area contributed by atoms with Gasteiger partial charge in [-0.2, -0.15) is 13.2 Å². The number of halogens is 3. The summed E-state index contributed by atoms with van der Waals surface area (Å²) in [5, 5.41) is 1.99. The Labute approximate surface area is 113 Å². The van der Waals surface area contributed by atoms with Crippen molar-refractivity contribution in [1.29, 1.82) is 0 Å². The van der Waals surface area contributed by atoms with E-state index in [4.69, 9.17) is 5.73 Å². The van der Waals surface area contributed by atoms with Gasteiger partial charge in [-0.3, -0.25) is 0 Å². The van der Waals surface area contributed by atoms with Crippen LogP contribution in [0.25, 0.3) is 0 Å². The van der Waals surface area contributed by atoms with E-state index < -0.39 is 11.7 Å². The van der Waals surface area contributed by atoms with Gasteiger partial charge >= 0.3 is 6.18 Å². The maximum absolute atomic E-state index is 12.4. The smallest absolute Gasteiger partial charge is 0.327 e. The van der Waals surface area contributed by atoms with Crippen molar-refractivity contribution in [3.8, 4) is 0 Å². The van der Waals surface area contributed by atoms with E-state index >= 15 is 0 Å². The third-order valence-electron chi connectivity index (χ3n) is 2.82. The fraction of sp³-hybridized carbons (Fsp3) is 0.286. The number of hydrogen-bond acceptors (Lipinski definition) is 2. The molecule has 2 N–H and O–H groups in total. The number of rotatable bonds is 4. The van der Waals surface area contributed by atoms with Crippen LogP contribution in [0.4, 0.5) is 13.2 Å². The van der Waals surface area contributed by atoms with E-state index in [2.05, 4.69) is 0 Å². The van der Waals surface area contributed by atoms with E-state index in [0.717, 1.165) is 24.1 Å². The molecule has 0 bridgehead atoms. The zero-order valence-electron chi connectivity index (χ0n) is 10.2. The molecule has 0 aliphatic rings. The molecule has 1 aromatic carbocycles. The summed E-state index contributed by atoms with van der Waals surface area (Å²) in [7, 11) is 0. The molecule has 2 rings (SSSR count). The number of nitrogens with two attached hydrogens (primary N) is 1. The SMILES string of the molecule is NC(Cc1ccc(C(F)(F)F)cc1)Cc1cccs1. The van der Waals surface area contributed by atoms with Crippen LogP contribution in [0.3, 0.4) is 0 Å². The van der Waals surface area contributed by atoms with Crippen molar-refractivity contribution < 1.29 is 13.2 Å². The van der Waals surface area contributed by atoms with Crippen molar-refractivity contribution in [1.82, 2.24) is 0 Å². The molecule has 0 fully saturated rings. The number of thiophene rings is 1. The Kier molecular flexibility index (Phi) is 4.27. The second-order valence-corrected chi connectivity index (χ2v) is 5.47. The third-order valence-corrected chi connectivity index (χ3v) is 3.72. The Morgan fingerprint density at radius 2 is 1.74 bits per heavy atom. The van der Waals surface area contributed by atoms with Crippen LogP contribution >= 0.6 is 11.3 Å². The van der Waals surface area contributed by atoms with Crippen LogP contribution in [0.1, 0.15) is 16.0 Å². The first-order chi connectivity index (χ1) is 8.95. The Balaban J connectivity index is 1.96. The van der Waals surface area contributed by atoms with Gasteiger partial charge in [0.15, 0.2) is 0 Å². The molecule has 0 saturated heterocycles. The molecule has 1 aromatic heterocycles. The van der Waals surface area contributed by atoms with Crippen LogP contribution in [0, 0.1) is 0 Å². The molecule has 0 amide bonds. The maximum Gasteiger partial charge on any atom is 0.416 e. The molecule has 2 aromatic rings. The average molecular weight is 285 g/mol. The lowest BCUT2D eigenvalue weighted by molar-refractivity contribution is -0.137. The van der Waals surface area contributed by atoms with Gasteiger partial charge in [0.05, 0.1) is 5.56 Å². The van der Waals surface area contributed by atoms with Crippen LogP contribution in [0.5, 0.6) is 0 Å². The molecule has 0 aliphatic heterocycles. The van der Waals surface area contributed by atoms with Gasteiger partial charge < -0.3 is 5.73 Å². The summed E-state index contributed by atoms with van der Waals surface area (Å²) in [6, 6.07) is 9.10. The predicted molar refractivity (Wildman–Crippen MR) is 71.1 cm³/mol. The molecule has 102 valence electrons. The number of alkyl halides is 3. The summed E-state index contributed by atoms with van der Waals surface area (Å²) in [6.07, 6.45) is -2.95. The van der Waals surface area contributed by atoms with Gasteiger partial charge in [-0.25, -0.2) is 0 Å². The number of benzene rings is 1. The van der Waals surface area contributed by atoms with E-state index in [0.29, 0.717) is 6.42 Å². The largest absolute Gasteiger partial charge is 0.416 e. The lowest BCUT2D eigenvalue weighted by Crippen LogP contribution is -2.25. The van der Waals surface area contributed by atoms with Gasteiger partial charge in [-0.05, 0) is 42.0 Å². The Morgan fingerprint density at radius 3 is 2.26 bits per heavy atom. The highest BCUT2D eigenvalue weighted by atomic mass is 32.1. The molecule has 19 heavy (non-hydrogen) atoms. The summed E-state index contributed by atoms with van der Waals surface area (Å²) in [4.78, 5) is 1.19. The van der Waals surface area contributed by atoms with Crippen molar-refractivity contribution in [2.24, 2.45) is 5.73 Å². The van der Waals surface area contributed by atoms with Crippen molar-refractivity contribution >= 4 is 11.3 Å². The van der Waals surface area contributed by atoms with E-state index in [-0.39, 0.29) is 6.04 Å². The fourth-order valence-electron chi connectivity index (χ4n) is 1.89. The van der Waals surface area contributed by atoms with Gasteiger partial charge in [-0.15, -0.1) is 11.3 Å². The Hall–Kier alpha value is -1.33.